The second-order valence-electron chi connectivity index (χ2n) is 2.75. The Morgan fingerprint density at radius 2 is 2.33 bits per heavy atom. The van der Waals surface area contributed by atoms with Gasteiger partial charge in [0.25, 0.3) is 0 Å². The molecular formula is C10H11N2. The van der Waals surface area contributed by atoms with Gasteiger partial charge >= 0.3 is 0 Å². The molecule has 12 heavy (non-hydrogen) atoms. The van der Waals surface area contributed by atoms with Gasteiger partial charge in [-0.2, -0.15) is 0 Å². The fourth-order valence-electron chi connectivity index (χ4n) is 1.26. The molecule has 1 aromatic carbocycles. The predicted molar refractivity (Wildman–Crippen MR) is 49.3 cm³/mol. The van der Waals surface area contributed by atoms with Gasteiger partial charge in [-0.1, -0.05) is 24.3 Å². The minimum Gasteiger partial charge on any atom is -0.378 e. The average molecular weight is 159 g/mol. The van der Waals surface area contributed by atoms with Crippen LogP contribution in [0.2, 0.25) is 0 Å². The number of hydrogen-bond donors (Lipinski definition) is 2. The van der Waals surface area contributed by atoms with Crippen LogP contribution in [0.5, 0.6) is 0 Å². The van der Waals surface area contributed by atoms with E-state index in [1.165, 1.54) is 5.57 Å². The van der Waals surface area contributed by atoms with Crippen molar-refractivity contribution >= 4 is 5.57 Å². The first-order valence-electron chi connectivity index (χ1n) is 4.07. The molecule has 2 heteroatoms. The SMILES string of the molecule is [c]1ccccc1C1=CNCNC1. The summed E-state index contributed by atoms with van der Waals surface area (Å²) >= 11 is 0. The maximum atomic E-state index is 3.23. The zero-order chi connectivity index (χ0) is 8.23. The van der Waals surface area contributed by atoms with Crippen LogP contribution in [-0.2, 0) is 0 Å². The third-order valence-corrected chi connectivity index (χ3v) is 1.87. The van der Waals surface area contributed by atoms with Crippen LogP contribution in [0.3, 0.4) is 0 Å². The molecule has 1 heterocycles. The van der Waals surface area contributed by atoms with Gasteiger partial charge in [0.15, 0.2) is 0 Å². The normalized spacial score (nSPS) is 16.5. The number of nitrogens with one attached hydrogen (secondary N) is 2. The summed E-state index contributed by atoms with van der Waals surface area (Å²) in [6.07, 6.45) is 2.04. The highest BCUT2D eigenvalue weighted by Crippen LogP contribution is 2.12. The van der Waals surface area contributed by atoms with Gasteiger partial charge in [-0.3, -0.25) is 5.32 Å². The molecule has 0 spiro atoms. The highest BCUT2D eigenvalue weighted by atomic mass is 15.1. The zero-order valence-corrected chi connectivity index (χ0v) is 6.80. The van der Waals surface area contributed by atoms with Gasteiger partial charge in [-0.05, 0) is 17.2 Å². The van der Waals surface area contributed by atoms with E-state index >= 15 is 0 Å². The van der Waals surface area contributed by atoms with Crippen molar-refractivity contribution in [1.29, 1.82) is 0 Å². The van der Waals surface area contributed by atoms with Crippen molar-refractivity contribution in [2.75, 3.05) is 13.2 Å². The first-order valence-corrected chi connectivity index (χ1v) is 4.07. The van der Waals surface area contributed by atoms with Gasteiger partial charge in [-0.15, -0.1) is 0 Å². The predicted octanol–water partition coefficient (Wildman–Crippen LogP) is 0.978. The highest BCUT2D eigenvalue weighted by Gasteiger charge is 2.03. The lowest BCUT2D eigenvalue weighted by Gasteiger charge is -2.15. The first-order chi connectivity index (χ1) is 5.97. The molecule has 0 amide bonds. The topological polar surface area (TPSA) is 24.1 Å². The van der Waals surface area contributed by atoms with Gasteiger partial charge in [-0.25, -0.2) is 0 Å². The zero-order valence-electron chi connectivity index (χ0n) is 6.80. The van der Waals surface area contributed by atoms with Crippen LogP contribution in [-0.4, -0.2) is 13.2 Å². The van der Waals surface area contributed by atoms with Gasteiger partial charge < -0.3 is 5.32 Å². The molecule has 1 radical (unpaired) electrons. The third-order valence-electron chi connectivity index (χ3n) is 1.87. The molecule has 0 unspecified atom stereocenters. The van der Waals surface area contributed by atoms with Crippen molar-refractivity contribution in [3.05, 3.63) is 42.1 Å². The van der Waals surface area contributed by atoms with Crippen LogP contribution < -0.4 is 10.6 Å². The lowest BCUT2D eigenvalue weighted by atomic mass is 10.1. The number of hydrogen-bond acceptors (Lipinski definition) is 2. The molecule has 2 rings (SSSR count). The fourth-order valence-corrected chi connectivity index (χ4v) is 1.26. The molecule has 0 fully saturated rings. The molecule has 0 atom stereocenters. The second kappa shape index (κ2) is 3.41. The maximum Gasteiger partial charge on any atom is 0.0650 e. The highest BCUT2D eigenvalue weighted by molar-refractivity contribution is 5.66. The Hall–Kier alpha value is -1.28. The van der Waals surface area contributed by atoms with E-state index in [1.54, 1.807) is 0 Å². The molecule has 0 aliphatic carbocycles. The maximum absolute atomic E-state index is 3.23. The summed E-state index contributed by atoms with van der Waals surface area (Å²) in [6.45, 7) is 1.78. The van der Waals surface area contributed by atoms with E-state index in [-0.39, 0.29) is 0 Å². The molecule has 2 N–H and O–H groups in total. The van der Waals surface area contributed by atoms with Crippen LogP contribution >= 0.6 is 0 Å². The molecule has 0 bridgehead atoms. The summed E-state index contributed by atoms with van der Waals surface area (Å²) in [5.41, 5.74) is 2.43. The second-order valence-corrected chi connectivity index (χ2v) is 2.75. The van der Waals surface area contributed by atoms with E-state index in [0.29, 0.717) is 0 Å². The Bertz CT molecular complexity index is 277. The van der Waals surface area contributed by atoms with Gasteiger partial charge in [0.2, 0.25) is 0 Å². The van der Waals surface area contributed by atoms with Crippen LogP contribution in [0.4, 0.5) is 0 Å². The summed E-state index contributed by atoms with van der Waals surface area (Å²) in [5.74, 6) is 0. The van der Waals surface area contributed by atoms with Crippen molar-refractivity contribution in [3.63, 3.8) is 0 Å². The van der Waals surface area contributed by atoms with Crippen molar-refractivity contribution < 1.29 is 0 Å². The average Bonchev–Trinajstić information content (AvgIpc) is 2.21. The van der Waals surface area contributed by atoms with Crippen LogP contribution in [0.25, 0.3) is 5.57 Å². The lowest BCUT2D eigenvalue weighted by Crippen LogP contribution is -2.31. The Balaban J connectivity index is 2.24. The smallest absolute Gasteiger partial charge is 0.0650 e. The van der Waals surface area contributed by atoms with Gasteiger partial charge in [0, 0.05) is 12.7 Å². The van der Waals surface area contributed by atoms with E-state index < -0.39 is 0 Å². The molecule has 61 valence electrons. The molecule has 0 aromatic heterocycles. The monoisotopic (exact) mass is 159 g/mol. The lowest BCUT2D eigenvalue weighted by molar-refractivity contribution is 0.678. The van der Waals surface area contributed by atoms with Crippen LogP contribution in [0.15, 0.2) is 30.5 Å². The molecule has 1 aromatic rings. The quantitative estimate of drug-likeness (QED) is 0.638. The van der Waals surface area contributed by atoms with E-state index in [4.69, 9.17) is 0 Å². The fraction of sp³-hybridized carbons (Fsp3) is 0.200. The van der Waals surface area contributed by atoms with Crippen LogP contribution in [0, 0.1) is 6.07 Å². The minimum atomic E-state index is 0.857. The standard InChI is InChI=1S/C10H11N2/c1-2-4-9(5-3-1)10-6-11-8-12-7-10/h1-4,6,11-12H,7-8H2. The number of benzene rings is 1. The third kappa shape index (κ3) is 1.48. The van der Waals surface area contributed by atoms with E-state index in [0.717, 1.165) is 18.8 Å². The number of rotatable bonds is 1. The molecule has 0 saturated carbocycles. The Morgan fingerprint density at radius 1 is 1.33 bits per heavy atom. The molecule has 1 aliphatic heterocycles. The Kier molecular flexibility index (Phi) is 2.10. The first kappa shape index (κ1) is 7.37. The summed E-state index contributed by atoms with van der Waals surface area (Å²) in [6, 6.07) is 11.2. The van der Waals surface area contributed by atoms with Gasteiger partial charge in [0.05, 0.1) is 6.67 Å². The van der Waals surface area contributed by atoms with Crippen molar-refractivity contribution in [2.24, 2.45) is 0 Å². The Morgan fingerprint density at radius 3 is 3.00 bits per heavy atom. The summed E-state index contributed by atoms with van der Waals surface area (Å²) in [7, 11) is 0. The van der Waals surface area contributed by atoms with Crippen molar-refractivity contribution in [3.8, 4) is 0 Å². The van der Waals surface area contributed by atoms with E-state index in [2.05, 4.69) is 22.8 Å². The van der Waals surface area contributed by atoms with E-state index in [1.807, 2.05) is 24.4 Å². The molecule has 1 aliphatic rings. The summed E-state index contributed by atoms with van der Waals surface area (Å²) in [4.78, 5) is 0. The summed E-state index contributed by atoms with van der Waals surface area (Å²) < 4.78 is 0. The molecule has 2 nitrogen and oxygen atoms in total. The van der Waals surface area contributed by atoms with E-state index in [9.17, 15) is 0 Å². The van der Waals surface area contributed by atoms with Crippen LogP contribution in [0.1, 0.15) is 5.56 Å². The summed E-state index contributed by atoms with van der Waals surface area (Å²) in [5, 5.41) is 6.37. The molecular weight excluding hydrogens is 148 g/mol. The van der Waals surface area contributed by atoms with Gasteiger partial charge in [0.1, 0.15) is 0 Å². The largest absolute Gasteiger partial charge is 0.378 e. The van der Waals surface area contributed by atoms with Crippen molar-refractivity contribution in [2.45, 2.75) is 0 Å². The Labute approximate surface area is 72.3 Å². The van der Waals surface area contributed by atoms with Crippen molar-refractivity contribution in [1.82, 2.24) is 10.6 Å². The minimum absolute atomic E-state index is 0.857. The molecule has 0 saturated heterocycles.